The molecule has 0 atom stereocenters. The van der Waals surface area contributed by atoms with Crippen LogP contribution in [0, 0.1) is 0 Å². The van der Waals surface area contributed by atoms with E-state index in [1.54, 1.807) is 36.3 Å². The lowest BCUT2D eigenvalue weighted by atomic mass is 9.91. The number of aromatic nitrogens is 5. The summed E-state index contributed by atoms with van der Waals surface area (Å²) in [6.07, 6.45) is 11.5. The van der Waals surface area contributed by atoms with Crippen LogP contribution in [0.4, 0.5) is 5.69 Å². The molecule has 0 unspecified atom stereocenters. The van der Waals surface area contributed by atoms with Crippen LogP contribution >= 0.6 is 0 Å². The Bertz CT molecular complexity index is 1240. The van der Waals surface area contributed by atoms with Crippen LogP contribution in [-0.2, 0) is 0 Å². The maximum Gasteiger partial charge on any atom is 0.259 e. The van der Waals surface area contributed by atoms with Crippen LogP contribution < -0.4 is 15.4 Å². The molecular formula is C22H25N7O2. The Morgan fingerprint density at radius 3 is 2.84 bits per heavy atom. The van der Waals surface area contributed by atoms with Crippen LogP contribution in [0.2, 0.25) is 0 Å². The second kappa shape index (κ2) is 7.99. The molecule has 0 saturated heterocycles. The molecule has 1 amide bonds. The van der Waals surface area contributed by atoms with E-state index in [9.17, 15) is 4.79 Å². The molecule has 3 heterocycles. The van der Waals surface area contributed by atoms with Gasteiger partial charge >= 0.3 is 0 Å². The highest BCUT2D eigenvalue weighted by molar-refractivity contribution is 6.09. The summed E-state index contributed by atoms with van der Waals surface area (Å²) in [4.78, 5) is 17.4. The number of nitrogens with one attached hydrogen (secondary N) is 2. The number of hydrogen-bond donors (Lipinski definition) is 2. The Balaban J connectivity index is 1.43. The molecule has 0 radical (unpaired) electrons. The van der Waals surface area contributed by atoms with Crippen LogP contribution in [0.5, 0.6) is 5.75 Å². The molecule has 1 saturated carbocycles. The van der Waals surface area contributed by atoms with Crippen molar-refractivity contribution < 1.29 is 9.53 Å². The molecule has 4 aromatic rings. The highest BCUT2D eigenvalue weighted by Gasteiger charge is 2.23. The molecule has 160 valence electrons. The largest absolute Gasteiger partial charge is 0.496 e. The van der Waals surface area contributed by atoms with Gasteiger partial charge in [-0.05, 0) is 44.9 Å². The van der Waals surface area contributed by atoms with Crippen molar-refractivity contribution in [3.63, 3.8) is 0 Å². The molecule has 1 aliphatic carbocycles. The lowest BCUT2D eigenvalue weighted by molar-refractivity contribution is 0.102. The summed E-state index contributed by atoms with van der Waals surface area (Å²) in [6, 6.07) is 6.42. The monoisotopic (exact) mass is 419 g/mol. The predicted molar refractivity (Wildman–Crippen MR) is 118 cm³/mol. The van der Waals surface area contributed by atoms with Gasteiger partial charge in [0.2, 0.25) is 0 Å². The van der Waals surface area contributed by atoms with Crippen molar-refractivity contribution in [3.05, 3.63) is 48.5 Å². The zero-order valence-corrected chi connectivity index (χ0v) is 17.6. The van der Waals surface area contributed by atoms with Gasteiger partial charge in [0.1, 0.15) is 11.4 Å². The zero-order chi connectivity index (χ0) is 21.4. The van der Waals surface area contributed by atoms with Crippen LogP contribution in [0.3, 0.4) is 0 Å². The smallest absolute Gasteiger partial charge is 0.259 e. The van der Waals surface area contributed by atoms with Gasteiger partial charge in [0.15, 0.2) is 5.65 Å². The number of nitrogens with zero attached hydrogens (tertiary/aromatic N) is 5. The fourth-order valence-electron chi connectivity index (χ4n) is 4.34. The number of benzene rings is 1. The molecule has 0 spiro atoms. The van der Waals surface area contributed by atoms with Crippen molar-refractivity contribution in [2.24, 2.45) is 0 Å². The predicted octanol–water partition coefficient (Wildman–Crippen LogP) is 3.04. The molecule has 0 aliphatic heterocycles. The first-order chi connectivity index (χ1) is 15.2. The highest BCUT2D eigenvalue weighted by Crippen LogP contribution is 2.31. The molecule has 9 heteroatoms. The summed E-state index contributed by atoms with van der Waals surface area (Å²) in [6.45, 7) is 0. The van der Waals surface area contributed by atoms with Gasteiger partial charge in [-0.25, -0.2) is 9.50 Å². The van der Waals surface area contributed by atoms with Gasteiger partial charge in [-0.15, -0.1) is 0 Å². The number of anilines is 1. The quantitative estimate of drug-likeness (QED) is 0.516. The van der Waals surface area contributed by atoms with Gasteiger partial charge in [-0.3, -0.25) is 9.48 Å². The molecule has 0 bridgehead atoms. The van der Waals surface area contributed by atoms with Gasteiger partial charge in [-0.1, -0.05) is 0 Å². The SMILES string of the molecule is CN[C@H]1CC[C@H](n2cc3cc(C(=O)Nc4cnn5cccnc45)c(OC)cc3n2)CC1. The van der Waals surface area contributed by atoms with Gasteiger partial charge in [0.05, 0.1) is 30.4 Å². The normalized spacial score (nSPS) is 19.0. The van der Waals surface area contributed by atoms with E-state index in [0.717, 1.165) is 36.6 Å². The molecule has 5 rings (SSSR count). The maximum absolute atomic E-state index is 13.1. The van der Waals surface area contributed by atoms with E-state index in [4.69, 9.17) is 9.84 Å². The molecule has 3 aromatic heterocycles. The van der Waals surface area contributed by atoms with E-state index in [-0.39, 0.29) is 5.91 Å². The number of methoxy groups -OCH3 is 1. The van der Waals surface area contributed by atoms with Gasteiger partial charge in [-0.2, -0.15) is 10.2 Å². The van der Waals surface area contributed by atoms with Crippen molar-refractivity contribution in [1.82, 2.24) is 29.7 Å². The second-order valence-electron chi connectivity index (χ2n) is 7.91. The van der Waals surface area contributed by atoms with Crippen molar-refractivity contribution in [2.75, 3.05) is 19.5 Å². The van der Waals surface area contributed by atoms with Gasteiger partial charge in [0.25, 0.3) is 5.91 Å². The zero-order valence-electron chi connectivity index (χ0n) is 17.6. The van der Waals surface area contributed by atoms with Crippen LogP contribution in [0.15, 0.2) is 43.0 Å². The van der Waals surface area contributed by atoms with E-state index < -0.39 is 0 Å². The molecule has 1 aliphatic rings. The molecule has 2 N–H and O–H groups in total. The van der Waals surface area contributed by atoms with E-state index >= 15 is 0 Å². The van der Waals surface area contributed by atoms with Gasteiger partial charge in [0, 0.05) is 36.1 Å². The number of ether oxygens (including phenoxy) is 1. The van der Waals surface area contributed by atoms with Crippen LogP contribution in [0.1, 0.15) is 42.1 Å². The van der Waals surface area contributed by atoms with E-state index in [2.05, 4.69) is 20.7 Å². The molecule has 9 nitrogen and oxygen atoms in total. The Morgan fingerprint density at radius 2 is 2.06 bits per heavy atom. The Morgan fingerprint density at radius 1 is 1.23 bits per heavy atom. The summed E-state index contributed by atoms with van der Waals surface area (Å²) in [5, 5.41) is 16.2. The van der Waals surface area contributed by atoms with Crippen LogP contribution in [0.25, 0.3) is 16.6 Å². The Hall–Kier alpha value is -3.46. The minimum absolute atomic E-state index is 0.276. The number of rotatable bonds is 5. The topological polar surface area (TPSA) is 98.4 Å². The molecular weight excluding hydrogens is 394 g/mol. The minimum atomic E-state index is -0.276. The first-order valence-corrected chi connectivity index (χ1v) is 10.5. The number of carbonyl (C=O) groups excluding carboxylic acids is 1. The Labute approximate surface area is 179 Å². The Kier molecular flexibility index (Phi) is 5.03. The summed E-state index contributed by atoms with van der Waals surface area (Å²) in [5.74, 6) is 0.208. The third kappa shape index (κ3) is 3.61. The lowest BCUT2D eigenvalue weighted by Gasteiger charge is -2.28. The van der Waals surface area contributed by atoms with E-state index in [1.807, 2.05) is 30.1 Å². The lowest BCUT2D eigenvalue weighted by Crippen LogP contribution is -2.31. The fourth-order valence-corrected chi connectivity index (χ4v) is 4.34. The van der Waals surface area contributed by atoms with Crippen molar-refractivity contribution in [2.45, 2.75) is 37.8 Å². The molecule has 31 heavy (non-hydrogen) atoms. The minimum Gasteiger partial charge on any atom is -0.496 e. The number of carbonyl (C=O) groups is 1. The first kappa shape index (κ1) is 19.5. The van der Waals surface area contributed by atoms with E-state index in [1.165, 1.54) is 0 Å². The molecule has 1 fully saturated rings. The van der Waals surface area contributed by atoms with Crippen molar-refractivity contribution in [3.8, 4) is 5.75 Å². The summed E-state index contributed by atoms with van der Waals surface area (Å²) >= 11 is 0. The first-order valence-electron chi connectivity index (χ1n) is 10.5. The van der Waals surface area contributed by atoms with Crippen molar-refractivity contribution >= 4 is 28.1 Å². The van der Waals surface area contributed by atoms with E-state index in [0.29, 0.717) is 34.7 Å². The van der Waals surface area contributed by atoms with Gasteiger partial charge < -0.3 is 15.4 Å². The maximum atomic E-state index is 13.1. The average molecular weight is 419 g/mol. The fraction of sp³-hybridized carbons (Fsp3) is 0.364. The van der Waals surface area contributed by atoms with Crippen molar-refractivity contribution in [1.29, 1.82) is 0 Å². The number of hydrogen-bond acceptors (Lipinski definition) is 6. The standard InChI is InChI=1S/C22H25N7O2/c1-23-15-4-6-16(7-5-15)29-13-14-10-17(20(31-2)11-18(14)27-29)22(30)26-19-12-25-28-9-3-8-24-21(19)28/h3,8-13,15-16,23H,4-7H2,1-2H3,(H,26,30)/t15-,16-. The second-order valence-corrected chi connectivity index (χ2v) is 7.91. The average Bonchev–Trinajstić information content (AvgIpc) is 3.42. The summed E-state index contributed by atoms with van der Waals surface area (Å²) < 4.78 is 9.17. The summed E-state index contributed by atoms with van der Waals surface area (Å²) in [5.41, 5.74) is 2.40. The highest BCUT2D eigenvalue weighted by atomic mass is 16.5. The number of fused-ring (bicyclic) bond motifs is 2. The number of amides is 1. The molecule has 1 aromatic carbocycles. The third-order valence-corrected chi connectivity index (χ3v) is 6.09. The third-order valence-electron chi connectivity index (χ3n) is 6.09. The summed E-state index contributed by atoms with van der Waals surface area (Å²) in [7, 11) is 3.58. The van der Waals surface area contributed by atoms with Crippen LogP contribution in [-0.4, -0.2) is 50.5 Å².